The Kier molecular flexibility index (Phi) is 6.56. The minimum Gasteiger partial charge on any atom is -0.481 e. The Morgan fingerprint density at radius 2 is 1.82 bits per heavy atom. The topological polar surface area (TPSA) is 75.6 Å². The van der Waals surface area contributed by atoms with Gasteiger partial charge in [-0.2, -0.15) is 0 Å². The van der Waals surface area contributed by atoms with Crippen molar-refractivity contribution in [1.82, 2.24) is 5.32 Å². The minimum absolute atomic E-state index is 0.0265. The summed E-state index contributed by atoms with van der Waals surface area (Å²) >= 11 is 0. The number of carbonyl (C=O) groups is 2. The van der Waals surface area contributed by atoms with E-state index in [9.17, 15) is 9.59 Å². The Morgan fingerprint density at radius 3 is 2.32 bits per heavy atom. The van der Waals surface area contributed by atoms with Gasteiger partial charge in [-0.1, -0.05) is 12.1 Å². The van der Waals surface area contributed by atoms with Crippen molar-refractivity contribution < 1.29 is 19.4 Å². The molecule has 5 heteroatoms. The predicted octanol–water partition coefficient (Wildman–Crippen LogP) is 2.98. The number of hydrogen-bond donors (Lipinski definition) is 2. The summed E-state index contributed by atoms with van der Waals surface area (Å²) in [5.41, 5.74) is 1.00. The molecule has 0 aliphatic heterocycles. The summed E-state index contributed by atoms with van der Waals surface area (Å²) in [6.45, 7) is 8.10. The summed E-state index contributed by atoms with van der Waals surface area (Å²) in [5, 5.41) is 11.6. The molecule has 0 saturated carbocycles. The number of nitrogens with one attached hydrogen (secondary N) is 1. The van der Waals surface area contributed by atoms with Gasteiger partial charge in [-0.05, 0) is 51.8 Å². The van der Waals surface area contributed by atoms with Gasteiger partial charge in [0.1, 0.15) is 0 Å². The first-order valence-corrected chi connectivity index (χ1v) is 7.44. The molecule has 0 saturated heterocycles. The lowest BCUT2D eigenvalue weighted by atomic mass is 9.97. The van der Waals surface area contributed by atoms with Crippen LogP contribution in [0.3, 0.4) is 0 Å². The van der Waals surface area contributed by atoms with Crippen molar-refractivity contribution in [2.75, 3.05) is 0 Å². The van der Waals surface area contributed by atoms with Crippen LogP contribution in [0.15, 0.2) is 24.3 Å². The van der Waals surface area contributed by atoms with Gasteiger partial charge in [-0.15, -0.1) is 0 Å². The van der Waals surface area contributed by atoms with Crippen LogP contribution in [0.2, 0.25) is 0 Å². The number of amides is 1. The van der Waals surface area contributed by atoms with Crippen molar-refractivity contribution in [2.45, 2.75) is 58.8 Å². The second kappa shape index (κ2) is 7.94. The van der Waals surface area contributed by atoms with Gasteiger partial charge in [-0.25, -0.2) is 0 Å². The molecule has 0 aliphatic carbocycles. The Balaban J connectivity index is 2.60. The fourth-order valence-corrected chi connectivity index (χ4v) is 1.88. The molecule has 0 radical (unpaired) electrons. The fourth-order valence-electron chi connectivity index (χ4n) is 1.88. The van der Waals surface area contributed by atoms with Crippen molar-refractivity contribution in [3.05, 3.63) is 35.4 Å². The lowest BCUT2D eigenvalue weighted by molar-refractivity contribution is -0.137. The Morgan fingerprint density at radius 1 is 1.23 bits per heavy atom. The quantitative estimate of drug-likeness (QED) is 0.774. The van der Waals surface area contributed by atoms with Crippen LogP contribution in [0, 0.1) is 0 Å². The zero-order valence-electron chi connectivity index (χ0n) is 13.7. The van der Waals surface area contributed by atoms with E-state index in [0.29, 0.717) is 18.6 Å². The molecule has 0 aromatic heterocycles. The van der Waals surface area contributed by atoms with Crippen LogP contribution in [-0.4, -0.2) is 28.6 Å². The minimum atomic E-state index is -0.864. The van der Waals surface area contributed by atoms with Crippen molar-refractivity contribution in [3.63, 3.8) is 0 Å². The van der Waals surface area contributed by atoms with Crippen LogP contribution in [0.5, 0.6) is 0 Å². The molecule has 5 nitrogen and oxygen atoms in total. The lowest BCUT2D eigenvalue weighted by Crippen LogP contribution is -2.43. The maximum atomic E-state index is 12.2. The van der Waals surface area contributed by atoms with E-state index >= 15 is 0 Å². The van der Waals surface area contributed by atoms with E-state index in [-0.39, 0.29) is 18.4 Å². The number of ether oxygens (including phenoxy) is 1. The van der Waals surface area contributed by atoms with Gasteiger partial charge < -0.3 is 15.2 Å². The molecular formula is C17H25NO4. The smallest absolute Gasteiger partial charge is 0.303 e. The highest BCUT2D eigenvalue weighted by Gasteiger charge is 2.22. The van der Waals surface area contributed by atoms with Crippen molar-refractivity contribution >= 4 is 11.9 Å². The molecule has 0 heterocycles. The first-order valence-electron chi connectivity index (χ1n) is 7.44. The molecule has 122 valence electrons. The summed E-state index contributed by atoms with van der Waals surface area (Å²) in [4.78, 5) is 22.8. The highest BCUT2D eigenvalue weighted by atomic mass is 16.5. The van der Waals surface area contributed by atoms with Gasteiger partial charge in [0, 0.05) is 17.5 Å². The zero-order valence-corrected chi connectivity index (χ0v) is 13.7. The third kappa shape index (κ3) is 6.72. The Labute approximate surface area is 131 Å². The highest BCUT2D eigenvalue weighted by Crippen LogP contribution is 2.13. The van der Waals surface area contributed by atoms with Crippen molar-refractivity contribution in [2.24, 2.45) is 0 Å². The van der Waals surface area contributed by atoms with Gasteiger partial charge in [0.25, 0.3) is 5.91 Å². The molecule has 22 heavy (non-hydrogen) atoms. The van der Waals surface area contributed by atoms with E-state index < -0.39 is 11.5 Å². The van der Waals surface area contributed by atoms with E-state index in [2.05, 4.69) is 5.32 Å². The van der Waals surface area contributed by atoms with Crippen LogP contribution in [0.25, 0.3) is 0 Å². The molecule has 2 N–H and O–H groups in total. The van der Waals surface area contributed by atoms with E-state index in [1.165, 1.54) is 0 Å². The number of carboxylic acid groups (broad SMARTS) is 1. The molecule has 0 spiro atoms. The number of aliphatic carboxylic acids is 1. The maximum Gasteiger partial charge on any atom is 0.303 e. The third-order valence-corrected chi connectivity index (χ3v) is 3.22. The van der Waals surface area contributed by atoms with Crippen molar-refractivity contribution in [3.8, 4) is 0 Å². The third-order valence-electron chi connectivity index (χ3n) is 3.22. The summed E-state index contributed by atoms with van der Waals surface area (Å²) in [6.07, 6.45) is 0.575. The van der Waals surface area contributed by atoms with Crippen LogP contribution >= 0.6 is 0 Å². The van der Waals surface area contributed by atoms with Crippen LogP contribution in [0.4, 0.5) is 0 Å². The summed E-state index contributed by atoms with van der Waals surface area (Å²) < 4.78 is 5.51. The Bertz CT molecular complexity index is 506. The number of carbonyl (C=O) groups excluding carboxylic acids is 1. The average molecular weight is 307 g/mol. The first kappa shape index (κ1) is 18.2. The number of carboxylic acids is 1. The number of benzene rings is 1. The zero-order chi connectivity index (χ0) is 16.8. The summed E-state index contributed by atoms with van der Waals surface area (Å²) in [7, 11) is 0. The van der Waals surface area contributed by atoms with Crippen molar-refractivity contribution in [1.29, 1.82) is 0 Å². The van der Waals surface area contributed by atoms with E-state index in [0.717, 1.165) is 5.56 Å². The molecular weight excluding hydrogens is 282 g/mol. The number of rotatable bonds is 8. The number of hydrogen-bond acceptors (Lipinski definition) is 3. The standard InChI is InChI=1S/C17H25NO4/c1-12(2)22-11-13-5-7-14(8-6-13)16(21)18-17(3,4)10-9-15(19)20/h5-8,12H,9-11H2,1-4H3,(H,18,21)(H,19,20). The highest BCUT2D eigenvalue weighted by molar-refractivity contribution is 5.94. The molecule has 1 amide bonds. The van der Waals surface area contributed by atoms with Gasteiger partial charge in [0.2, 0.25) is 0 Å². The summed E-state index contributed by atoms with van der Waals surface area (Å²) in [6, 6.07) is 7.23. The van der Waals surface area contributed by atoms with Gasteiger partial charge in [-0.3, -0.25) is 9.59 Å². The average Bonchev–Trinajstić information content (AvgIpc) is 2.43. The second-order valence-electron chi connectivity index (χ2n) is 6.29. The lowest BCUT2D eigenvalue weighted by Gasteiger charge is -2.25. The van der Waals surface area contributed by atoms with Gasteiger partial charge >= 0.3 is 5.97 Å². The van der Waals surface area contributed by atoms with Gasteiger partial charge in [0.05, 0.1) is 12.7 Å². The van der Waals surface area contributed by atoms with E-state index in [1.54, 1.807) is 12.1 Å². The molecule has 1 aromatic carbocycles. The van der Waals surface area contributed by atoms with E-state index in [1.807, 2.05) is 39.8 Å². The molecule has 0 fully saturated rings. The normalized spacial score (nSPS) is 11.5. The van der Waals surface area contributed by atoms with E-state index in [4.69, 9.17) is 9.84 Å². The largest absolute Gasteiger partial charge is 0.481 e. The van der Waals surface area contributed by atoms with Crippen LogP contribution in [-0.2, 0) is 16.1 Å². The molecule has 0 bridgehead atoms. The fraction of sp³-hybridized carbons (Fsp3) is 0.529. The van der Waals surface area contributed by atoms with Gasteiger partial charge in [0.15, 0.2) is 0 Å². The molecule has 1 rings (SSSR count). The van der Waals surface area contributed by atoms with Crippen LogP contribution in [0.1, 0.15) is 56.5 Å². The molecule has 1 aromatic rings. The monoisotopic (exact) mass is 307 g/mol. The predicted molar refractivity (Wildman–Crippen MR) is 84.8 cm³/mol. The molecule has 0 unspecified atom stereocenters. The summed E-state index contributed by atoms with van der Waals surface area (Å²) in [5.74, 6) is -1.07. The molecule has 0 atom stereocenters. The second-order valence-corrected chi connectivity index (χ2v) is 6.29. The van der Waals surface area contributed by atoms with Crippen LogP contribution < -0.4 is 5.32 Å². The Hall–Kier alpha value is -1.88. The first-order chi connectivity index (χ1) is 10.2. The SMILES string of the molecule is CC(C)OCc1ccc(C(=O)NC(C)(C)CCC(=O)O)cc1. The maximum absolute atomic E-state index is 12.2. The molecule has 0 aliphatic rings.